The van der Waals surface area contributed by atoms with Gasteiger partial charge in [0.05, 0.1) is 0 Å². The topological polar surface area (TPSA) is 0 Å². The van der Waals surface area contributed by atoms with Crippen LogP contribution in [0.15, 0.2) is 36.1 Å². The summed E-state index contributed by atoms with van der Waals surface area (Å²) >= 11 is 0. The lowest BCUT2D eigenvalue weighted by molar-refractivity contribution is 0.611. The van der Waals surface area contributed by atoms with Crippen LogP contribution in [0.5, 0.6) is 0 Å². The molecule has 0 bridgehead atoms. The van der Waals surface area contributed by atoms with Gasteiger partial charge in [-0.25, -0.2) is 0 Å². The first-order chi connectivity index (χ1) is 8.84. The zero-order chi connectivity index (χ0) is 13.1. The molecule has 1 aromatic rings. The zero-order valence-electron chi connectivity index (χ0n) is 11.9. The Bertz CT molecular complexity index is 381. The van der Waals surface area contributed by atoms with Gasteiger partial charge in [-0.1, -0.05) is 63.3 Å². The van der Waals surface area contributed by atoms with Gasteiger partial charge >= 0.3 is 0 Å². The number of benzene rings is 1. The highest BCUT2D eigenvalue weighted by atomic mass is 13.9. The van der Waals surface area contributed by atoms with Crippen LogP contribution in [0.3, 0.4) is 0 Å². The van der Waals surface area contributed by atoms with Crippen molar-refractivity contribution in [2.75, 3.05) is 0 Å². The molecule has 0 aliphatic heterocycles. The van der Waals surface area contributed by atoms with Crippen LogP contribution in [0, 0.1) is 6.92 Å². The molecule has 1 aromatic carbocycles. The lowest BCUT2D eigenvalue weighted by atomic mass is 10.1. The SMILES string of the molecule is CCCCCCCCC=C=Cc1ccccc1C. The number of hydrogen-bond donors (Lipinski definition) is 0. The van der Waals surface area contributed by atoms with Crippen LogP contribution >= 0.6 is 0 Å². The average Bonchev–Trinajstić information content (AvgIpc) is 2.39. The van der Waals surface area contributed by atoms with E-state index in [1.165, 1.54) is 49.7 Å². The largest absolute Gasteiger partial charge is 0.125 e. The molecule has 0 heteroatoms. The molecule has 0 saturated carbocycles. The maximum Gasteiger partial charge on any atom is -0.0128 e. The minimum absolute atomic E-state index is 1.16. The molecule has 0 nitrogen and oxygen atoms in total. The molecule has 18 heavy (non-hydrogen) atoms. The highest BCUT2D eigenvalue weighted by Crippen LogP contribution is 2.09. The maximum absolute atomic E-state index is 3.29. The molecule has 0 unspecified atom stereocenters. The van der Waals surface area contributed by atoms with Crippen LogP contribution in [0.1, 0.15) is 63.0 Å². The van der Waals surface area contributed by atoms with E-state index in [1.54, 1.807) is 0 Å². The van der Waals surface area contributed by atoms with Gasteiger partial charge in [0, 0.05) is 0 Å². The van der Waals surface area contributed by atoms with Crippen molar-refractivity contribution in [3.8, 4) is 0 Å². The third kappa shape index (κ3) is 6.47. The van der Waals surface area contributed by atoms with E-state index in [1.807, 2.05) is 0 Å². The van der Waals surface area contributed by atoms with E-state index >= 15 is 0 Å². The van der Waals surface area contributed by atoms with Crippen LogP contribution in [-0.2, 0) is 0 Å². The minimum atomic E-state index is 1.16. The van der Waals surface area contributed by atoms with Gasteiger partial charge in [-0.3, -0.25) is 0 Å². The fourth-order valence-corrected chi connectivity index (χ4v) is 2.01. The van der Waals surface area contributed by atoms with E-state index in [-0.39, 0.29) is 0 Å². The molecular weight excluding hydrogens is 216 g/mol. The molecule has 0 atom stereocenters. The van der Waals surface area contributed by atoms with Crippen LogP contribution in [-0.4, -0.2) is 0 Å². The average molecular weight is 242 g/mol. The second kappa shape index (κ2) is 9.74. The molecule has 0 heterocycles. The minimum Gasteiger partial charge on any atom is -0.125 e. The van der Waals surface area contributed by atoms with Gasteiger partial charge in [0.1, 0.15) is 0 Å². The summed E-state index contributed by atoms with van der Waals surface area (Å²) in [5.41, 5.74) is 5.89. The number of allylic oxidation sites excluding steroid dienone is 1. The smallest absolute Gasteiger partial charge is 0.0128 e. The number of hydrogen-bond acceptors (Lipinski definition) is 0. The van der Waals surface area contributed by atoms with Crippen molar-refractivity contribution in [3.63, 3.8) is 0 Å². The van der Waals surface area contributed by atoms with Crippen molar-refractivity contribution in [2.24, 2.45) is 0 Å². The Morgan fingerprint density at radius 3 is 2.50 bits per heavy atom. The van der Waals surface area contributed by atoms with Crippen molar-refractivity contribution < 1.29 is 0 Å². The summed E-state index contributed by atoms with van der Waals surface area (Å²) in [5.74, 6) is 0. The first-order valence-electron chi connectivity index (χ1n) is 7.31. The molecule has 0 N–H and O–H groups in total. The molecule has 0 radical (unpaired) electrons. The number of rotatable bonds is 8. The van der Waals surface area contributed by atoms with Crippen LogP contribution in [0.25, 0.3) is 6.08 Å². The summed E-state index contributed by atoms with van der Waals surface area (Å²) < 4.78 is 0. The van der Waals surface area contributed by atoms with E-state index in [0.717, 1.165) is 6.42 Å². The van der Waals surface area contributed by atoms with Crippen molar-refractivity contribution in [1.82, 2.24) is 0 Å². The van der Waals surface area contributed by atoms with Crippen molar-refractivity contribution in [2.45, 2.75) is 58.8 Å². The Morgan fingerprint density at radius 1 is 1.00 bits per heavy atom. The Labute approximate surface area is 112 Å². The standard InChI is InChI=1S/C18H26/c1-3-4-5-6-7-8-9-10-11-15-18-16-13-12-14-17(18)2/h10,12-16H,3-9H2,1-2H3. The maximum atomic E-state index is 3.29. The zero-order valence-corrected chi connectivity index (χ0v) is 11.9. The predicted octanol–water partition coefficient (Wildman–Crippen LogP) is 5.91. The summed E-state index contributed by atoms with van der Waals surface area (Å²) in [6.07, 6.45) is 13.6. The molecule has 0 aliphatic rings. The van der Waals surface area contributed by atoms with E-state index in [9.17, 15) is 0 Å². The van der Waals surface area contributed by atoms with E-state index in [0.29, 0.717) is 0 Å². The molecule has 0 amide bonds. The summed E-state index contributed by atoms with van der Waals surface area (Å²) in [7, 11) is 0. The molecule has 0 spiro atoms. The van der Waals surface area contributed by atoms with Gasteiger partial charge in [-0.05, 0) is 43.0 Å². The van der Waals surface area contributed by atoms with Crippen LogP contribution < -0.4 is 0 Å². The quantitative estimate of drug-likeness (QED) is 0.392. The van der Waals surface area contributed by atoms with E-state index in [2.05, 4.69) is 56.0 Å². The van der Waals surface area contributed by atoms with E-state index < -0.39 is 0 Å². The Kier molecular flexibility index (Phi) is 8.01. The second-order valence-electron chi connectivity index (χ2n) is 4.93. The molecule has 0 aliphatic carbocycles. The molecule has 1 rings (SSSR count). The third-order valence-corrected chi connectivity index (χ3v) is 3.25. The second-order valence-corrected chi connectivity index (χ2v) is 4.93. The lowest BCUT2D eigenvalue weighted by Crippen LogP contribution is -1.77. The number of aryl methyl sites for hydroxylation is 1. The Hall–Kier alpha value is -1.26. The molecule has 0 saturated heterocycles. The van der Waals surface area contributed by atoms with Crippen LogP contribution in [0.2, 0.25) is 0 Å². The Balaban J connectivity index is 2.19. The van der Waals surface area contributed by atoms with Gasteiger partial charge in [0.25, 0.3) is 0 Å². The predicted molar refractivity (Wildman–Crippen MR) is 81.7 cm³/mol. The fourth-order valence-electron chi connectivity index (χ4n) is 2.01. The van der Waals surface area contributed by atoms with E-state index in [4.69, 9.17) is 0 Å². The monoisotopic (exact) mass is 242 g/mol. The molecular formula is C18H26. The van der Waals surface area contributed by atoms with Gasteiger partial charge in [0.15, 0.2) is 0 Å². The van der Waals surface area contributed by atoms with Gasteiger partial charge in [-0.15, -0.1) is 5.73 Å². The summed E-state index contributed by atoms with van der Waals surface area (Å²) in [6, 6.07) is 8.43. The molecule has 0 aromatic heterocycles. The summed E-state index contributed by atoms with van der Waals surface area (Å²) in [6.45, 7) is 4.40. The van der Waals surface area contributed by atoms with Gasteiger partial charge in [-0.2, -0.15) is 0 Å². The normalized spacial score (nSPS) is 9.89. The van der Waals surface area contributed by atoms with Crippen molar-refractivity contribution in [1.29, 1.82) is 0 Å². The third-order valence-electron chi connectivity index (χ3n) is 3.25. The summed E-state index contributed by atoms with van der Waals surface area (Å²) in [5, 5.41) is 0. The first-order valence-corrected chi connectivity index (χ1v) is 7.31. The van der Waals surface area contributed by atoms with Crippen molar-refractivity contribution >= 4 is 6.08 Å². The van der Waals surface area contributed by atoms with Gasteiger partial charge in [0.2, 0.25) is 0 Å². The van der Waals surface area contributed by atoms with Crippen LogP contribution in [0.4, 0.5) is 0 Å². The van der Waals surface area contributed by atoms with Crippen molar-refractivity contribution in [3.05, 3.63) is 47.2 Å². The highest BCUT2D eigenvalue weighted by Gasteiger charge is 1.89. The summed E-state index contributed by atoms with van der Waals surface area (Å²) in [4.78, 5) is 0. The Morgan fingerprint density at radius 2 is 1.72 bits per heavy atom. The molecule has 98 valence electrons. The van der Waals surface area contributed by atoms with Gasteiger partial charge < -0.3 is 0 Å². The number of unbranched alkanes of at least 4 members (excludes halogenated alkanes) is 6. The molecule has 0 fully saturated rings. The lowest BCUT2D eigenvalue weighted by Gasteiger charge is -1.97. The fraction of sp³-hybridized carbons (Fsp3) is 0.500. The first kappa shape index (κ1) is 14.8. The highest BCUT2D eigenvalue weighted by molar-refractivity contribution is 5.52.